The van der Waals surface area contributed by atoms with Crippen LogP contribution in [0, 0.1) is 0 Å². The fourth-order valence-electron chi connectivity index (χ4n) is 3.96. The molecule has 2 rings (SSSR count). The number of hydrogen-bond acceptors (Lipinski definition) is 6. The van der Waals surface area contributed by atoms with E-state index in [1.54, 1.807) is 19.1 Å². The highest BCUT2D eigenvalue weighted by atomic mass is 16.5. The molecule has 36 heavy (non-hydrogen) atoms. The van der Waals surface area contributed by atoms with Gasteiger partial charge in [-0.3, -0.25) is 9.36 Å². The Labute approximate surface area is 213 Å². The molecule has 1 aromatic heterocycles. The van der Waals surface area contributed by atoms with Gasteiger partial charge in [0.15, 0.2) is 0 Å². The van der Waals surface area contributed by atoms with E-state index in [2.05, 4.69) is 12.0 Å². The van der Waals surface area contributed by atoms with Crippen LogP contribution in [-0.2, 0) is 24.8 Å². The molecular weight excluding hydrogens is 462 g/mol. The number of carboxylic acids is 1. The summed E-state index contributed by atoms with van der Waals surface area (Å²) in [6, 6.07) is 7.44. The summed E-state index contributed by atoms with van der Waals surface area (Å²) >= 11 is 0. The Morgan fingerprint density at radius 3 is 2.33 bits per heavy atom. The summed E-state index contributed by atoms with van der Waals surface area (Å²) < 4.78 is 13.8. The smallest absolute Gasteiger partial charge is 0.347 e. The Balaban J connectivity index is 1.84. The van der Waals surface area contributed by atoms with E-state index in [1.807, 2.05) is 19.1 Å². The summed E-state index contributed by atoms with van der Waals surface area (Å²) in [6.45, 7) is 6.47. The van der Waals surface area contributed by atoms with Gasteiger partial charge in [0.25, 0.3) is 5.88 Å². The summed E-state index contributed by atoms with van der Waals surface area (Å²) in [6.07, 6.45) is 8.80. The first-order chi connectivity index (χ1) is 17.2. The third-order valence-electron chi connectivity index (χ3n) is 6.22. The molecule has 0 aliphatic carbocycles. The largest absolute Gasteiger partial charge is 0.478 e. The lowest BCUT2D eigenvalue weighted by atomic mass is 10.0. The molecule has 1 aromatic carbocycles. The number of carbonyl (C=O) groups is 1. The normalized spacial score (nSPS) is 12.8. The second kappa shape index (κ2) is 14.5. The van der Waals surface area contributed by atoms with Crippen LogP contribution in [0.1, 0.15) is 84.1 Å². The topological polar surface area (TPSA) is 113 Å². The molecule has 9 heteroatoms. The molecule has 1 heterocycles. The van der Waals surface area contributed by atoms with Gasteiger partial charge in [0.05, 0.1) is 6.61 Å². The minimum atomic E-state index is -1.24. The fourth-order valence-corrected chi connectivity index (χ4v) is 3.96. The van der Waals surface area contributed by atoms with Crippen molar-refractivity contribution in [3.63, 3.8) is 0 Å². The molecule has 0 aliphatic heterocycles. The van der Waals surface area contributed by atoms with Crippen LogP contribution < -0.4 is 20.7 Å². The molecule has 1 unspecified atom stereocenters. The van der Waals surface area contributed by atoms with Crippen LogP contribution >= 0.6 is 0 Å². The number of ether oxygens (including phenoxy) is 2. The molecule has 0 bridgehead atoms. The molecule has 0 fully saturated rings. The van der Waals surface area contributed by atoms with Crippen LogP contribution in [0.4, 0.5) is 0 Å². The van der Waals surface area contributed by atoms with Crippen molar-refractivity contribution < 1.29 is 19.4 Å². The molecule has 0 amide bonds. The minimum Gasteiger partial charge on any atom is -0.478 e. The van der Waals surface area contributed by atoms with Crippen molar-refractivity contribution in [2.45, 2.75) is 97.1 Å². The van der Waals surface area contributed by atoms with Gasteiger partial charge in [0, 0.05) is 13.6 Å². The van der Waals surface area contributed by atoms with Crippen molar-refractivity contribution >= 4 is 5.97 Å². The highest BCUT2D eigenvalue weighted by Crippen LogP contribution is 2.24. The molecule has 9 nitrogen and oxygen atoms in total. The summed E-state index contributed by atoms with van der Waals surface area (Å²) in [5.74, 6) is -0.483. The zero-order chi connectivity index (χ0) is 26.6. The maximum absolute atomic E-state index is 12.4. The summed E-state index contributed by atoms with van der Waals surface area (Å²) in [4.78, 5) is 36.3. The number of aliphatic carboxylic acids is 1. The average Bonchev–Trinajstić information content (AvgIpc) is 2.85. The summed E-state index contributed by atoms with van der Waals surface area (Å²) in [7, 11) is 1.45. The van der Waals surface area contributed by atoms with Gasteiger partial charge in [-0.25, -0.2) is 14.3 Å². The highest BCUT2D eigenvalue weighted by Gasteiger charge is 2.34. The highest BCUT2D eigenvalue weighted by molar-refractivity contribution is 5.77. The molecule has 0 radical (unpaired) electrons. The van der Waals surface area contributed by atoms with Gasteiger partial charge >= 0.3 is 17.2 Å². The van der Waals surface area contributed by atoms with E-state index < -0.39 is 22.8 Å². The monoisotopic (exact) mass is 503 g/mol. The maximum Gasteiger partial charge on any atom is 0.347 e. The van der Waals surface area contributed by atoms with Crippen molar-refractivity contribution in [1.82, 2.24) is 14.3 Å². The van der Waals surface area contributed by atoms with Gasteiger partial charge in [0.2, 0.25) is 5.60 Å². The standard InChI is InChI=1S/C27H41N3O6/c1-5-7-8-9-11-19-30-26(34)29(4)24(31)23(28-30)35-20-12-10-13-21-14-16-22(17-15-21)36-27(3,18-6-2)25(32)33/h14-17H,5-13,18-20H2,1-4H3,(H,32,33). The number of unbranched alkanes of at least 4 members (excludes halogenated alkanes) is 5. The SMILES string of the molecule is CCCCCCCn1nc(OCCCCc2ccc(OC(C)(CCC)C(=O)O)cc2)c(=O)n(C)c1=O. The van der Waals surface area contributed by atoms with Crippen LogP contribution in [0.25, 0.3) is 0 Å². The number of carboxylic acid groups (broad SMARTS) is 1. The first-order valence-corrected chi connectivity index (χ1v) is 13.0. The Kier molecular flexibility index (Phi) is 11.7. The van der Waals surface area contributed by atoms with Crippen molar-refractivity contribution in [2.75, 3.05) is 6.61 Å². The van der Waals surface area contributed by atoms with Gasteiger partial charge in [-0.05, 0) is 56.7 Å². The Hall–Kier alpha value is -3.10. The quantitative estimate of drug-likeness (QED) is 0.320. The van der Waals surface area contributed by atoms with E-state index in [1.165, 1.54) is 18.2 Å². The lowest BCUT2D eigenvalue weighted by Crippen LogP contribution is -2.41. The number of rotatable bonds is 17. The second-order valence-electron chi connectivity index (χ2n) is 9.43. The van der Waals surface area contributed by atoms with E-state index in [0.717, 1.165) is 48.7 Å². The third-order valence-corrected chi connectivity index (χ3v) is 6.22. The van der Waals surface area contributed by atoms with Gasteiger partial charge in [0.1, 0.15) is 5.75 Å². The first kappa shape index (κ1) is 29.1. The zero-order valence-corrected chi connectivity index (χ0v) is 22.1. The average molecular weight is 504 g/mol. The lowest BCUT2D eigenvalue weighted by molar-refractivity contribution is -0.154. The van der Waals surface area contributed by atoms with Crippen molar-refractivity contribution in [3.05, 3.63) is 50.7 Å². The van der Waals surface area contributed by atoms with Crippen LogP contribution in [0.2, 0.25) is 0 Å². The second-order valence-corrected chi connectivity index (χ2v) is 9.43. The van der Waals surface area contributed by atoms with E-state index >= 15 is 0 Å². The van der Waals surface area contributed by atoms with Gasteiger partial charge in [-0.1, -0.05) is 58.1 Å². The van der Waals surface area contributed by atoms with Gasteiger partial charge in [-0.15, -0.1) is 5.10 Å². The van der Waals surface area contributed by atoms with Gasteiger partial charge < -0.3 is 14.6 Å². The number of hydrogen-bond donors (Lipinski definition) is 1. The van der Waals surface area contributed by atoms with E-state index in [-0.39, 0.29) is 5.88 Å². The number of aryl methyl sites for hydroxylation is 2. The van der Waals surface area contributed by atoms with E-state index in [4.69, 9.17) is 9.47 Å². The van der Waals surface area contributed by atoms with Crippen LogP contribution in [0.15, 0.2) is 33.9 Å². The maximum atomic E-state index is 12.4. The summed E-state index contributed by atoms with van der Waals surface area (Å²) in [5.41, 5.74) is -1.08. The minimum absolute atomic E-state index is 0.0410. The molecule has 0 saturated heterocycles. The fraction of sp³-hybridized carbons (Fsp3) is 0.630. The van der Waals surface area contributed by atoms with Crippen LogP contribution in [-0.4, -0.2) is 37.6 Å². The van der Waals surface area contributed by atoms with Crippen LogP contribution in [0.5, 0.6) is 11.6 Å². The predicted octanol–water partition coefficient (Wildman–Crippen LogP) is 4.34. The van der Waals surface area contributed by atoms with E-state index in [0.29, 0.717) is 38.2 Å². The molecule has 0 spiro atoms. The Bertz CT molecular complexity index is 1080. The molecular formula is C27H41N3O6. The molecule has 200 valence electrons. The van der Waals surface area contributed by atoms with Crippen molar-refractivity contribution in [1.29, 1.82) is 0 Å². The van der Waals surface area contributed by atoms with Crippen molar-refractivity contribution in [3.8, 4) is 11.6 Å². The molecule has 0 saturated carbocycles. The summed E-state index contributed by atoms with van der Waals surface area (Å²) in [5, 5.41) is 13.6. The van der Waals surface area contributed by atoms with Crippen molar-refractivity contribution in [2.24, 2.45) is 7.05 Å². The Morgan fingerprint density at radius 1 is 1.00 bits per heavy atom. The third kappa shape index (κ3) is 8.53. The molecule has 0 aliphatic rings. The number of nitrogens with zero attached hydrogens (tertiary/aromatic N) is 3. The van der Waals surface area contributed by atoms with Gasteiger partial charge in [-0.2, -0.15) is 0 Å². The predicted molar refractivity (Wildman–Crippen MR) is 139 cm³/mol. The van der Waals surface area contributed by atoms with E-state index in [9.17, 15) is 19.5 Å². The molecule has 1 atom stereocenters. The van der Waals surface area contributed by atoms with Crippen LogP contribution in [0.3, 0.4) is 0 Å². The Morgan fingerprint density at radius 2 is 1.69 bits per heavy atom. The molecule has 1 N–H and O–H groups in total. The zero-order valence-electron chi connectivity index (χ0n) is 22.1. The lowest BCUT2D eigenvalue weighted by Gasteiger charge is -2.26. The molecule has 2 aromatic rings. The number of benzene rings is 1. The number of aromatic nitrogens is 3. The first-order valence-electron chi connectivity index (χ1n) is 13.0.